The highest BCUT2D eigenvalue weighted by Gasteiger charge is 2.37. The number of nitrogens with two attached hydrogens (primary N) is 1. The molecule has 0 unspecified atom stereocenters. The van der Waals surface area contributed by atoms with Gasteiger partial charge in [-0.25, -0.2) is 14.3 Å². The molecular weight excluding hydrogens is 392 g/mol. The van der Waals surface area contributed by atoms with Crippen molar-refractivity contribution in [3.63, 3.8) is 0 Å². The zero-order valence-electron chi connectivity index (χ0n) is 17.6. The fourth-order valence-corrected chi connectivity index (χ4v) is 5.16. The second-order valence-electron chi connectivity index (χ2n) is 9.27. The van der Waals surface area contributed by atoms with Gasteiger partial charge in [-0.1, -0.05) is 24.9 Å². The van der Waals surface area contributed by atoms with Gasteiger partial charge in [0.25, 0.3) is 0 Å². The lowest BCUT2D eigenvalue weighted by atomic mass is 9.95. The number of nitrogen functional groups attached to an aromatic ring is 1. The lowest BCUT2D eigenvalue weighted by molar-refractivity contribution is 0.427. The van der Waals surface area contributed by atoms with Crippen LogP contribution < -0.4 is 10.6 Å². The van der Waals surface area contributed by atoms with Crippen molar-refractivity contribution in [1.29, 1.82) is 5.41 Å². The zero-order chi connectivity index (χ0) is 20.7. The largest absolute Gasteiger partial charge is 0.398 e. The standard InChI is InChI=1S/C23H30N6S/c1-23(6-7-23)14-16-2-5-19(24)18(12-16)22(25)20-13-21(27-15-26-20)28-8-10-29(11-9-28)30-17-3-4-17/h2,5,12-13,15,17,25H,3-4,6-11,14,24H2,1H3. The smallest absolute Gasteiger partial charge is 0.132 e. The van der Waals surface area contributed by atoms with Crippen LogP contribution in [0.2, 0.25) is 0 Å². The van der Waals surface area contributed by atoms with E-state index in [1.165, 1.54) is 31.2 Å². The summed E-state index contributed by atoms with van der Waals surface area (Å²) in [6.45, 7) is 6.34. The first kappa shape index (κ1) is 19.8. The molecule has 0 spiro atoms. The summed E-state index contributed by atoms with van der Waals surface area (Å²) in [5, 5.41) is 9.63. The van der Waals surface area contributed by atoms with E-state index in [1.54, 1.807) is 6.33 Å². The van der Waals surface area contributed by atoms with Gasteiger partial charge in [0, 0.05) is 48.7 Å². The maximum absolute atomic E-state index is 8.78. The van der Waals surface area contributed by atoms with Crippen LogP contribution in [0.3, 0.4) is 0 Å². The molecule has 30 heavy (non-hydrogen) atoms. The van der Waals surface area contributed by atoms with Crippen molar-refractivity contribution >= 4 is 29.2 Å². The fourth-order valence-electron chi connectivity index (χ4n) is 4.01. The summed E-state index contributed by atoms with van der Waals surface area (Å²) in [5.41, 5.74) is 10.3. The first-order valence-corrected chi connectivity index (χ1v) is 11.8. The molecule has 0 amide bonds. The Bertz CT molecular complexity index is 944. The third-order valence-electron chi connectivity index (χ3n) is 6.42. The maximum Gasteiger partial charge on any atom is 0.132 e. The molecule has 158 valence electrons. The highest BCUT2D eigenvalue weighted by atomic mass is 32.2. The topological polar surface area (TPSA) is 82.1 Å². The lowest BCUT2D eigenvalue weighted by Crippen LogP contribution is -2.44. The van der Waals surface area contributed by atoms with E-state index >= 15 is 0 Å². The average molecular weight is 423 g/mol. The molecule has 6 nitrogen and oxygen atoms in total. The molecule has 2 heterocycles. The monoisotopic (exact) mass is 422 g/mol. The average Bonchev–Trinajstić information content (AvgIpc) is 3.69. The van der Waals surface area contributed by atoms with Gasteiger partial charge >= 0.3 is 0 Å². The van der Waals surface area contributed by atoms with E-state index in [-0.39, 0.29) is 0 Å². The third kappa shape index (κ3) is 4.47. The SMILES string of the molecule is CC1(Cc2ccc(N)c(C(=N)c3cc(N4CCN(SC5CC5)CC4)ncn3)c2)CC1. The van der Waals surface area contributed by atoms with Gasteiger partial charge in [-0.2, -0.15) is 0 Å². The minimum absolute atomic E-state index is 0.377. The van der Waals surface area contributed by atoms with Crippen molar-refractivity contribution in [3.05, 3.63) is 47.4 Å². The molecule has 0 bridgehead atoms. The van der Waals surface area contributed by atoms with Crippen molar-refractivity contribution in [2.24, 2.45) is 5.41 Å². The molecule has 1 saturated heterocycles. The van der Waals surface area contributed by atoms with Crippen LogP contribution >= 0.6 is 11.9 Å². The Morgan fingerprint density at radius 1 is 1.17 bits per heavy atom. The summed E-state index contributed by atoms with van der Waals surface area (Å²) >= 11 is 2.03. The van der Waals surface area contributed by atoms with Gasteiger partial charge in [0.1, 0.15) is 12.1 Å². The van der Waals surface area contributed by atoms with Crippen LogP contribution in [0.4, 0.5) is 11.5 Å². The van der Waals surface area contributed by atoms with Crippen molar-refractivity contribution < 1.29 is 0 Å². The quantitative estimate of drug-likeness (QED) is 0.402. The van der Waals surface area contributed by atoms with E-state index in [1.807, 2.05) is 24.1 Å². The molecule has 2 saturated carbocycles. The van der Waals surface area contributed by atoms with Gasteiger partial charge in [0.2, 0.25) is 0 Å². The molecule has 1 aliphatic heterocycles. The van der Waals surface area contributed by atoms with Gasteiger partial charge in [-0.15, -0.1) is 0 Å². The minimum atomic E-state index is 0.377. The van der Waals surface area contributed by atoms with Gasteiger partial charge in [0.15, 0.2) is 0 Å². The summed E-state index contributed by atoms with van der Waals surface area (Å²) in [5.74, 6) is 0.904. The van der Waals surface area contributed by atoms with Crippen LogP contribution in [0.1, 0.15) is 49.4 Å². The molecule has 3 fully saturated rings. The Labute approximate surface area is 182 Å². The number of aromatic nitrogens is 2. The predicted octanol–water partition coefficient (Wildman–Crippen LogP) is 3.75. The number of hydrogen-bond acceptors (Lipinski definition) is 7. The van der Waals surface area contributed by atoms with Gasteiger partial charge in [-0.3, -0.25) is 5.41 Å². The minimum Gasteiger partial charge on any atom is -0.398 e. The summed E-state index contributed by atoms with van der Waals surface area (Å²) in [6.07, 6.45) is 7.93. The van der Waals surface area contributed by atoms with E-state index in [4.69, 9.17) is 11.1 Å². The Kier molecular flexibility index (Phi) is 5.19. The van der Waals surface area contributed by atoms with E-state index in [0.29, 0.717) is 22.5 Å². The second kappa shape index (κ2) is 7.85. The van der Waals surface area contributed by atoms with E-state index in [0.717, 1.165) is 49.2 Å². The molecule has 1 aromatic carbocycles. The van der Waals surface area contributed by atoms with Crippen LogP contribution in [0, 0.1) is 10.8 Å². The van der Waals surface area contributed by atoms with Crippen LogP contribution in [-0.2, 0) is 6.42 Å². The number of benzene rings is 1. The van der Waals surface area contributed by atoms with E-state index in [2.05, 4.69) is 38.2 Å². The highest BCUT2D eigenvalue weighted by molar-refractivity contribution is 7.97. The first-order valence-electron chi connectivity index (χ1n) is 11.0. The summed E-state index contributed by atoms with van der Waals surface area (Å²) in [4.78, 5) is 11.2. The number of anilines is 2. The van der Waals surface area contributed by atoms with Crippen molar-refractivity contribution in [3.8, 4) is 0 Å². The molecule has 3 N–H and O–H groups in total. The van der Waals surface area contributed by atoms with Gasteiger partial charge in [-0.05, 0) is 55.2 Å². The second-order valence-corrected chi connectivity index (χ2v) is 10.7. The number of nitrogens with one attached hydrogen (secondary N) is 1. The fraction of sp³-hybridized carbons (Fsp3) is 0.522. The molecule has 3 aliphatic rings. The van der Waals surface area contributed by atoms with Crippen molar-refractivity contribution in [2.75, 3.05) is 36.8 Å². The number of hydrogen-bond donors (Lipinski definition) is 2. The van der Waals surface area contributed by atoms with Crippen LogP contribution in [0.15, 0.2) is 30.6 Å². The molecular formula is C23H30N6S. The number of rotatable bonds is 7. The van der Waals surface area contributed by atoms with Crippen LogP contribution in [0.25, 0.3) is 0 Å². The summed E-state index contributed by atoms with van der Waals surface area (Å²) in [7, 11) is 0. The molecule has 0 radical (unpaired) electrons. The number of piperazine rings is 1. The molecule has 5 rings (SSSR count). The number of nitrogens with zero attached hydrogens (tertiary/aromatic N) is 4. The summed E-state index contributed by atoms with van der Waals surface area (Å²) < 4.78 is 2.49. The van der Waals surface area contributed by atoms with Gasteiger partial charge < -0.3 is 10.6 Å². The maximum atomic E-state index is 8.78. The Hall–Kier alpha value is -2.12. The van der Waals surface area contributed by atoms with Gasteiger partial charge in [0.05, 0.1) is 11.4 Å². The van der Waals surface area contributed by atoms with Crippen molar-refractivity contribution in [1.82, 2.24) is 14.3 Å². The molecule has 2 aromatic rings. The zero-order valence-corrected chi connectivity index (χ0v) is 18.4. The van der Waals surface area contributed by atoms with Crippen LogP contribution in [0.5, 0.6) is 0 Å². The normalized spacial score (nSPS) is 20.9. The third-order valence-corrected chi connectivity index (χ3v) is 7.85. The Morgan fingerprint density at radius 3 is 2.63 bits per heavy atom. The lowest BCUT2D eigenvalue weighted by Gasteiger charge is -2.34. The first-order chi connectivity index (χ1) is 14.5. The van der Waals surface area contributed by atoms with E-state index < -0.39 is 0 Å². The molecule has 7 heteroatoms. The highest BCUT2D eigenvalue weighted by Crippen LogP contribution is 2.47. The Morgan fingerprint density at radius 2 is 1.93 bits per heavy atom. The predicted molar refractivity (Wildman–Crippen MR) is 124 cm³/mol. The molecule has 2 aliphatic carbocycles. The summed E-state index contributed by atoms with van der Waals surface area (Å²) in [6, 6.07) is 8.06. The molecule has 1 aromatic heterocycles. The van der Waals surface area contributed by atoms with Crippen molar-refractivity contribution in [2.45, 2.75) is 44.3 Å². The van der Waals surface area contributed by atoms with E-state index in [9.17, 15) is 0 Å². The Balaban J connectivity index is 1.30. The van der Waals surface area contributed by atoms with Crippen LogP contribution in [-0.4, -0.2) is 51.4 Å². The molecule has 0 atom stereocenters.